The number of aryl methyl sites for hydroxylation is 1. The third-order valence-corrected chi connectivity index (χ3v) is 3.78. The minimum Gasteiger partial charge on any atom is -0.316 e. The summed E-state index contributed by atoms with van der Waals surface area (Å²) < 4.78 is 0. The number of hydrogen-bond donors (Lipinski definition) is 1. The van der Waals surface area contributed by atoms with Crippen molar-refractivity contribution in [3.05, 3.63) is 35.4 Å². The lowest BCUT2D eigenvalue weighted by Gasteiger charge is -2.20. The molecule has 0 amide bonds. The molecule has 0 radical (unpaired) electrons. The molecule has 0 saturated carbocycles. The van der Waals surface area contributed by atoms with Gasteiger partial charge in [0, 0.05) is 0 Å². The highest BCUT2D eigenvalue weighted by Gasteiger charge is 2.11. The first-order chi connectivity index (χ1) is 9.13. The Bertz CT molecular complexity index is 343. The summed E-state index contributed by atoms with van der Waals surface area (Å²) in [6.45, 7) is 11.4. The third-order valence-electron chi connectivity index (χ3n) is 3.78. The van der Waals surface area contributed by atoms with Crippen molar-refractivity contribution in [2.24, 2.45) is 11.8 Å². The van der Waals surface area contributed by atoms with E-state index in [1.165, 1.54) is 36.8 Å². The van der Waals surface area contributed by atoms with Crippen LogP contribution < -0.4 is 5.32 Å². The number of nitrogens with one attached hydrogen (secondary N) is 1. The highest BCUT2D eigenvalue weighted by molar-refractivity contribution is 5.25. The average molecular weight is 261 g/mol. The van der Waals surface area contributed by atoms with Gasteiger partial charge in [-0.3, -0.25) is 0 Å². The predicted molar refractivity (Wildman–Crippen MR) is 85.6 cm³/mol. The van der Waals surface area contributed by atoms with E-state index < -0.39 is 0 Å². The van der Waals surface area contributed by atoms with E-state index in [1.54, 1.807) is 0 Å². The van der Waals surface area contributed by atoms with E-state index in [-0.39, 0.29) is 0 Å². The molecule has 0 aliphatic carbocycles. The van der Waals surface area contributed by atoms with Crippen molar-refractivity contribution in [2.45, 2.75) is 53.4 Å². The van der Waals surface area contributed by atoms with E-state index >= 15 is 0 Å². The topological polar surface area (TPSA) is 12.0 Å². The van der Waals surface area contributed by atoms with Crippen molar-refractivity contribution in [1.82, 2.24) is 5.32 Å². The summed E-state index contributed by atoms with van der Waals surface area (Å²) >= 11 is 0. The smallest absolute Gasteiger partial charge is 0.00173 e. The zero-order valence-electron chi connectivity index (χ0n) is 13.2. The molecule has 0 aliphatic rings. The molecule has 0 bridgehead atoms. The second-order valence-corrected chi connectivity index (χ2v) is 6.17. The first-order valence-electron chi connectivity index (χ1n) is 7.88. The molecule has 1 N–H and O–H groups in total. The lowest BCUT2D eigenvalue weighted by molar-refractivity contribution is 0.398. The van der Waals surface area contributed by atoms with E-state index in [9.17, 15) is 0 Å². The molecular formula is C18H31N. The van der Waals surface area contributed by atoms with Crippen LogP contribution in [0.2, 0.25) is 0 Å². The second-order valence-electron chi connectivity index (χ2n) is 6.17. The number of rotatable bonds is 9. The fourth-order valence-electron chi connectivity index (χ4n) is 2.48. The number of benzene rings is 1. The highest BCUT2D eigenvalue weighted by atomic mass is 14.8. The Balaban J connectivity index is 2.54. The molecule has 1 nitrogen and oxygen atoms in total. The maximum atomic E-state index is 3.60. The molecule has 0 aliphatic heterocycles. The SMILES string of the molecule is CCCNCC(CCC(C)C)Cc1ccccc1C. The Morgan fingerprint density at radius 1 is 1.11 bits per heavy atom. The van der Waals surface area contributed by atoms with E-state index in [2.05, 4.69) is 57.3 Å². The molecule has 0 heterocycles. The highest BCUT2D eigenvalue weighted by Crippen LogP contribution is 2.19. The molecule has 0 saturated heterocycles. The van der Waals surface area contributed by atoms with Gasteiger partial charge in [-0.2, -0.15) is 0 Å². The molecular weight excluding hydrogens is 230 g/mol. The Kier molecular flexibility index (Phi) is 7.81. The van der Waals surface area contributed by atoms with Gasteiger partial charge in [0.05, 0.1) is 0 Å². The van der Waals surface area contributed by atoms with E-state index in [0.717, 1.165) is 24.9 Å². The van der Waals surface area contributed by atoms with Gasteiger partial charge in [0.25, 0.3) is 0 Å². The van der Waals surface area contributed by atoms with Gasteiger partial charge in [0.15, 0.2) is 0 Å². The zero-order valence-corrected chi connectivity index (χ0v) is 13.2. The van der Waals surface area contributed by atoms with Crippen molar-refractivity contribution in [3.8, 4) is 0 Å². The van der Waals surface area contributed by atoms with Gasteiger partial charge in [0.1, 0.15) is 0 Å². The van der Waals surface area contributed by atoms with E-state index in [4.69, 9.17) is 0 Å². The summed E-state index contributed by atoms with van der Waals surface area (Å²) in [4.78, 5) is 0. The van der Waals surface area contributed by atoms with Crippen LogP contribution in [0.15, 0.2) is 24.3 Å². The number of hydrogen-bond acceptors (Lipinski definition) is 1. The van der Waals surface area contributed by atoms with Crippen LogP contribution in [0.5, 0.6) is 0 Å². The normalized spacial score (nSPS) is 12.9. The van der Waals surface area contributed by atoms with Crippen LogP contribution in [0.1, 0.15) is 51.2 Å². The molecule has 1 unspecified atom stereocenters. The molecule has 19 heavy (non-hydrogen) atoms. The van der Waals surface area contributed by atoms with Crippen LogP contribution in [0.3, 0.4) is 0 Å². The Labute approximate surface area is 119 Å². The van der Waals surface area contributed by atoms with E-state index in [1.807, 2.05) is 0 Å². The lowest BCUT2D eigenvalue weighted by Crippen LogP contribution is -2.25. The molecule has 1 aromatic carbocycles. The van der Waals surface area contributed by atoms with Crippen molar-refractivity contribution >= 4 is 0 Å². The van der Waals surface area contributed by atoms with Gasteiger partial charge in [-0.15, -0.1) is 0 Å². The lowest BCUT2D eigenvalue weighted by atomic mass is 9.90. The average Bonchev–Trinajstić information content (AvgIpc) is 2.38. The van der Waals surface area contributed by atoms with Gasteiger partial charge in [0.2, 0.25) is 0 Å². The molecule has 0 spiro atoms. The third kappa shape index (κ3) is 6.77. The van der Waals surface area contributed by atoms with Gasteiger partial charge in [-0.1, -0.05) is 51.5 Å². The summed E-state index contributed by atoms with van der Waals surface area (Å²) in [6, 6.07) is 8.82. The van der Waals surface area contributed by atoms with Crippen molar-refractivity contribution < 1.29 is 0 Å². The molecule has 0 fully saturated rings. The summed E-state index contributed by atoms with van der Waals surface area (Å²) in [5.41, 5.74) is 2.96. The monoisotopic (exact) mass is 261 g/mol. The molecule has 1 atom stereocenters. The van der Waals surface area contributed by atoms with Crippen LogP contribution in [-0.4, -0.2) is 13.1 Å². The fraction of sp³-hybridized carbons (Fsp3) is 0.667. The van der Waals surface area contributed by atoms with Crippen LogP contribution in [0, 0.1) is 18.8 Å². The van der Waals surface area contributed by atoms with Crippen LogP contribution >= 0.6 is 0 Å². The zero-order chi connectivity index (χ0) is 14.1. The first-order valence-corrected chi connectivity index (χ1v) is 7.88. The van der Waals surface area contributed by atoms with Crippen LogP contribution in [0.4, 0.5) is 0 Å². The summed E-state index contributed by atoms with van der Waals surface area (Å²) in [5, 5.41) is 3.60. The van der Waals surface area contributed by atoms with E-state index in [0.29, 0.717) is 0 Å². The standard InChI is InChI=1S/C18H31N/c1-5-12-19-14-17(11-10-15(2)3)13-18-9-7-6-8-16(18)4/h6-9,15,17,19H,5,10-14H2,1-4H3. The maximum Gasteiger partial charge on any atom is -0.00173 e. The largest absolute Gasteiger partial charge is 0.316 e. The van der Waals surface area contributed by atoms with Crippen molar-refractivity contribution in [2.75, 3.05) is 13.1 Å². The fourth-order valence-corrected chi connectivity index (χ4v) is 2.48. The van der Waals surface area contributed by atoms with Crippen molar-refractivity contribution in [3.63, 3.8) is 0 Å². The maximum absolute atomic E-state index is 3.60. The Morgan fingerprint density at radius 3 is 2.47 bits per heavy atom. The quantitative estimate of drug-likeness (QED) is 0.641. The molecule has 1 aromatic rings. The minimum absolute atomic E-state index is 0.773. The van der Waals surface area contributed by atoms with Gasteiger partial charge in [-0.25, -0.2) is 0 Å². The summed E-state index contributed by atoms with van der Waals surface area (Å²) in [5.74, 6) is 1.58. The Morgan fingerprint density at radius 2 is 1.84 bits per heavy atom. The molecule has 0 aromatic heterocycles. The van der Waals surface area contributed by atoms with Crippen LogP contribution in [-0.2, 0) is 6.42 Å². The molecule has 1 heteroatoms. The summed E-state index contributed by atoms with van der Waals surface area (Å²) in [6.07, 6.45) is 5.12. The predicted octanol–water partition coefficient (Wildman–Crippen LogP) is 4.59. The molecule has 1 rings (SSSR count). The molecule has 108 valence electrons. The Hall–Kier alpha value is -0.820. The van der Waals surface area contributed by atoms with Gasteiger partial charge < -0.3 is 5.32 Å². The summed E-state index contributed by atoms with van der Waals surface area (Å²) in [7, 11) is 0. The van der Waals surface area contributed by atoms with Gasteiger partial charge >= 0.3 is 0 Å². The van der Waals surface area contributed by atoms with Crippen LogP contribution in [0.25, 0.3) is 0 Å². The second kappa shape index (κ2) is 9.14. The van der Waals surface area contributed by atoms with Gasteiger partial charge in [-0.05, 0) is 62.2 Å². The minimum atomic E-state index is 0.773. The van der Waals surface area contributed by atoms with Crippen molar-refractivity contribution in [1.29, 1.82) is 0 Å². The first kappa shape index (κ1) is 16.2.